The maximum atomic E-state index is 12.9. The average Bonchev–Trinajstić information content (AvgIpc) is 2.73. The highest BCUT2D eigenvalue weighted by atomic mass is 19.1. The number of carbonyl (C=O) groups excluding carboxylic acids is 1. The average molecular weight is 406 g/mol. The molecule has 2 unspecified atom stereocenters. The van der Waals surface area contributed by atoms with Gasteiger partial charge in [-0.2, -0.15) is 0 Å². The van der Waals surface area contributed by atoms with Crippen molar-refractivity contribution in [3.63, 3.8) is 0 Å². The number of likely N-dealkylation sites (N-methyl/N-ethyl adjacent to an activating group) is 1. The zero-order chi connectivity index (χ0) is 21.2. The van der Waals surface area contributed by atoms with Crippen LogP contribution in [0.4, 0.5) is 4.39 Å². The first-order valence-corrected chi connectivity index (χ1v) is 10.2. The number of benzene rings is 1. The van der Waals surface area contributed by atoms with Crippen LogP contribution in [-0.2, 0) is 0 Å². The van der Waals surface area contributed by atoms with Crippen LogP contribution in [-0.4, -0.2) is 48.1 Å². The molecule has 1 aliphatic carbocycles. The lowest BCUT2D eigenvalue weighted by Gasteiger charge is -2.22. The van der Waals surface area contributed by atoms with Crippen molar-refractivity contribution in [1.82, 2.24) is 15.6 Å². The second-order valence-corrected chi connectivity index (χ2v) is 7.42. The van der Waals surface area contributed by atoms with Crippen LogP contribution in [0.25, 0.3) is 10.9 Å². The molecule has 0 spiro atoms. The molecule has 1 aromatic carbocycles. The van der Waals surface area contributed by atoms with E-state index in [9.17, 15) is 9.18 Å². The van der Waals surface area contributed by atoms with Gasteiger partial charge in [-0.1, -0.05) is 19.3 Å². The SMILES string of the molecule is CC(F)Oc1ccc2cc(C(=O)NC3CCCCC3)cnc2c1.CNC(C)CO. The second kappa shape index (κ2) is 11.7. The predicted molar refractivity (Wildman–Crippen MR) is 113 cm³/mol. The number of halogens is 1. The van der Waals surface area contributed by atoms with E-state index in [1.165, 1.54) is 26.2 Å². The largest absolute Gasteiger partial charge is 0.461 e. The lowest BCUT2D eigenvalue weighted by Crippen LogP contribution is -2.36. The Labute approximate surface area is 171 Å². The first kappa shape index (κ1) is 23.0. The molecule has 160 valence electrons. The second-order valence-electron chi connectivity index (χ2n) is 7.42. The Hall–Kier alpha value is -2.25. The van der Waals surface area contributed by atoms with E-state index in [1.54, 1.807) is 24.4 Å². The van der Waals surface area contributed by atoms with Gasteiger partial charge < -0.3 is 20.5 Å². The van der Waals surface area contributed by atoms with E-state index in [2.05, 4.69) is 15.6 Å². The Morgan fingerprint density at radius 3 is 2.59 bits per heavy atom. The number of hydrogen-bond acceptors (Lipinski definition) is 5. The summed E-state index contributed by atoms with van der Waals surface area (Å²) in [6.45, 7) is 3.47. The van der Waals surface area contributed by atoms with E-state index in [4.69, 9.17) is 9.84 Å². The fourth-order valence-electron chi connectivity index (χ4n) is 3.09. The van der Waals surface area contributed by atoms with E-state index in [0.29, 0.717) is 16.8 Å². The van der Waals surface area contributed by atoms with Gasteiger partial charge in [-0.15, -0.1) is 0 Å². The zero-order valence-electron chi connectivity index (χ0n) is 17.5. The molecule has 6 nitrogen and oxygen atoms in total. The molecule has 1 saturated carbocycles. The number of fused-ring (bicyclic) bond motifs is 1. The highest BCUT2D eigenvalue weighted by Crippen LogP contribution is 2.22. The number of alkyl halides is 1. The molecule has 3 N–H and O–H groups in total. The number of rotatable bonds is 6. The van der Waals surface area contributed by atoms with Crippen LogP contribution in [0.1, 0.15) is 56.3 Å². The minimum absolute atomic E-state index is 0.0796. The van der Waals surface area contributed by atoms with Crippen LogP contribution in [0.2, 0.25) is 0 Å². The molecular formula is C22H32FN3O3. The fraction of sp³-hybridized carbons (Fsp3) is 0.545. The molecule has 2 atom stereocenters. The normalized spacial score (nSPS) is 16.4. The van der Waals surface area contributed by atoms with Crippen LogP contribution in [0.15, 0.2) is 30.5 Å². The number of carbonyl (C=O) groups is 1. The first-order valence-electron chi connectivity index (χ1n) is 10.2. The number of ether oxygens (including phenoxy) is 1. The van der Waals surface area contributed by atoms with Crippen LogP contribution in [0.5, 0.6) is 5.75 Å². The molecule has 0 aliphatic heterocycles. The van der Waals surface area contributed by atoms with Crippen molar-refractivity contribution >= 4 is 16.8 Å². The number of pyridine rings is 1. The Bertz CT molecular complexity index is 775. The zero-order valence-corrected chi connectivity index (χ0v) is 17.5. The molecule has 0 bridgehead atoms. The van der Waals surface area contributed by atoms with E-state index in [0.717, 1.165) is 18.2 Å². The molecule has 1 amide bonds. The first-order chi connectivity index (χ1) is 13.9. The third-order valence-electron chi connectivity index (χ3n) is 4.92. The molecular weight excluding hydrogens is 373 g/mol. The fourth-order valence-corrected chi connectivity index (χ4v) is 3.09. The molecule has 1 heterocycles. The third kappa shape index (κ3) is 7.59. The molecule has 0 saturated heterocycles. The van der Waals surface area contributed by atoms with E-state index < -0.39 is 6.36 Å². The molecule has 0 radical (unpaired) electrons. The highest BCUT2D eigenvalue weighted by Gasteiger charge is 2.17. The van der Waals surface area contributed by atoms with Gasteiger partial charge >= 0.3 is 0 Å². The van der Waals surface area contributed by atoms with Gasteiger partial charge in [0.15, 0.2) is 0 Å². The summed E-state index contributed by atoms with van der Waals surface area (Å²) in [5.74, 6) is 0.350. The predicted octanol–water partition coefficient (Wildman–Crippen LogP) is 3.58. The van der Waals surface area contributed by atoms with Crippen molar-refractivity contribution in [1.29, 1.82) is 0 Å². The summed E-state index contributed by atoms with van der Waals surface area (Å²) in [6, 6.07) is 7.47. The maximum absolute atomic E-state index is 12.9. The molecule has 2 aromatic rings. The summed E-state index contributed by atoms with van der Waals surface area (Å²) in [6.07, 6.45) is 5.90. The van der Waals surface area contributed by atoms with Crippen molar-refractivity contribution in [3.8, 4) is 5.75 Å². The number of aromatic nitrogens is 1. The van der Waals surface area contributed by atoms with Crippen molar-refractivity contribution < 1.29 is 19.0 Å². The lowest BCUT2D eigenvalue weighted by molar-refractivity contribution is 0.0861. The van der Waals surface area contributed by atoms with Crippen LogP contribution in [0, 0.1) is 0 Å². The molecule has 29 heavy (non-hydrogen) atoms. The number of nitrogens with one attached hydrogen (secondary N) is 2. The molecule has 1 aromatic heterocycles. The van der Waals surface area contributed by atoms with Gasteiger partial charge in [0.1, 0.15) is 5.75 Å². The summed E-state index contributed by atoms with van der Waals surface area (Å²) in [4.78, 5) is 16.6. The quantitative estimate of drug-likeness (QED) is 0.684. The van der Waals surface area contributed by atoms with Crippen molar-refractivity contribution in [2.24, 2.45) is 0 Å². The van der Waals surface area contributed by atoms with Crippen LogP contribution >= 0.6 is 0 Å². The molecule has 3 rings (SSSR count). The summed E-state index contributed by atoms with van der Waals surface area (Å²) >= 11 is 0. The van der Waals surface area contributed by atoms with Gasteiger partial charge in [0.2, 0.25) is 6.36 Å². The Balaban J connectivity index is 0.000000438. The van der Waals surface area contributed by atoms with Gasteiger partial charge in [-0.25, -0.2) is 4.39 Å². The van der Waals surface area contributed by atoms with E-state index >= 15 is 0 Å². The number of amides is 1. The third-order valence-corrected chi connectivity index (χ3v) is 4.92. The van der Waals surface area contributed by atoms with E-state index in [-0.39, 0.29) is 24.6 Å². The summed E-state index contributed by atoms with van der Waals surface area (Å²) in [5, 5.41) is 15.1. The molecule has 1 fully saturated rings. The number of aliphatic hydroxyl groups is 1. The van der Waals surface area contributed by atoms with Crippen molar-refractivity contribution in [2.45, 2.75) is 64.4 Å². The van der Waals surface area contributed by atoms with Crippen molar-refractivity contribution in [2.75, 3.05) is 13.7 Å². The topological polar surface area (TPSA) is 83.5 Å². The van der Waals surface area contributed by atoms with Crippen LogP contribution < -0.4 is 15.4 Å². The number of aliphatic hydroxyl groups excluding tert-OH is 1. The maximum Gasteiger partial charge on any atom is 0.253 e. The summed E-state index contributed by atoms with van der Waals surface area (Å²) < 4.78 is 17.9. The standard InChI is InChI=1S/C18H21FN2O2.C4H11NO/c1-12(19)23-16-8-7-13-9-14(11-20-17(13)10-16)18(22)21-15-5-3-2-4-6-15;1-4(3-6)5-2/h7-12,15H,2-6H2,1H3,(H,21,22);4-6H,3H2,1-2H3. The van der Waals surface area contributed by atoms with Gasteiger partial charge in [0.05, 0.1) is 17.7 Å². The Morgan fingerprint density at radius 2 is 2.00 bits per heavy atom. The summed E-state index contributed by atoms with van der Waals surface area (Å²) in [5.41, 5.74) is 1.23. The lowest BCUT2D eigenvalue weighted by atomic mass is 9.95. The van der Waals surface area contributed by atoms with Gasteiger partial charge in [-0.3, -0.25) is 9.78 Å². The minimum Gasteiger partial charge on any atom is -0.461 e. The highest BCUT2D eigenvalue weighted by molar-refractivity contribution is 5.97. The number of hydrogen-bond donors (Lipinski definition) is 3. The molecule has 7 heteroatoms. The monoisotopic (exact) mass is 405 g/mol. The van der Waals surface area contributed by atoms with E-state index in [1.807, 2.05) is 20.0 Å². The van der Waals surface area contributed by atoms with Gasteiger partial charge in [0, 0.05) is 36.7 Å². The van der Waals surface area contributed by atoms with Gasteiger partial charge in [-0.05, 0) is 45.0 Å². The Kier molecular flexibility index (Phi) is 9.28. The van der Waals surface area contributed by atoms with Crippen molar-refractivity contribution in [3.05, 3.63) is 36.0 Å². The molecule has 1 aliphatic rings. The summed E-state index contributed by atoms with van der Waals surface area (Å²) in [7, 11) is 1.82. The number of nitrogens with zero attached hydrogens (tertiary/aromatic N) is 1. The minimum atomic E-state index is -1.37. The Morgan fingerprint density at radius 1 is 1.28 bits per heavy atom. The van der Waals surface area contributed by atoms with Gasteiger partial charge in [0.25, 0.3) is 5.91 Å². The van der Waals surface area contributed by atoms with Crippen LogP contribution in [0.3, 0.4) is 0 Å². The smallest absolute Gasteiger partial charge is 0.253 e.